The maximum atomic E-state index is 12.3. The van der Waals surface area contributed by atoms with E-state index in [0.717, 1.165) is 49.0 Å². The SMILES string of the molecule is COC(=O)c1c(NC(=O)COC(=O)c2cccnc2)sc2c1CCCCCC2. The van der Waals surface area contributed by atoms with Gasteiger partial charge in [0.25, 0.3) is 5.91 Å². The van der Waals surface area contributed by atoms with E-state index in [1.165, 1.54) is 24.6 Å². The van der Waals surface area contributed by atoms with Crippen molar-refractivity contribution >= 4 is 34.2 Å². The highest BCUT2D eigenvalue weighted by atomic mass is 32.1. The molecule has 1 amide bonds. The number of rotatable bonds is 5. The lowest BCUT2D eigenvalue weighted by molar-refractivity contribution is -0.119. The van der Waals surface area contributed by atoms with E-state index in [2.05, 4.69) is 10.3 Å². The summed E-state index contributed by atoms with van der Waals surface area (Å²) in [5.41, 5.74) is 1.67. The van der Waals surface area contributed by atoms with Crippen molar-refractivity contribution in [3.63, 3.8) is 0 Å². The molecule has 0 spiro atoms. The summed E-state index contributed by atoms with van der Waals surface area (Å²) in [6.45, 7) is -0.448. The first-order valence-electron chi connectivity index (χ1n) is 9.20. The summed E-state index contributed by atoms with van der Waals surface area (Å²) < 4.78 is 9.96. The number of nitrogens with zero attached hydrogens (tertiary/aromatic N) is 1. The lowest BCUT2D eigenvalue weighted by Crippen LogP contribution is -2.21. The highest BCUT2D eigenvalue weighted by Gasteiger charge is 2.26. The van der Waals surface area contributed by atoms with E-state index in [1.807, 2.05) is 0 Å². The molecule has 0 radical (unpaired) electrons. The van der Waals surface area contributed by atoms with Gasteiger partial charge >= 0.3 is 11.9 Å². The lowest BCUT2D eigenvalue weighted by Gasteiger charge is -2.11. The van der Waals surface area contributed by atoms with Gasteiger partial charge in [-0.1, -0.05) is 12.8 Å². The van der Waals surface area contributed by atoms with Gasteiger partial charge in [-0.15, -0.1) is 11.3 Å². The number of pyridine rings is 1. The molecule has 1 aliphatic rings. The van der Waals surface area contributed by atoms with Gasteiger partial charge in [0.2, 0.25) is 0 Å². The molecule has 2 aromatic heterocycles. The molecule has 0 fully saturated rings. The Balaban J connectivity index is 1.72. The fourth-order valence-electron chi connectivity index (χ4n) is 3.19. The van der Waals surface area contributed by atoms with E-state index in [1.54, 1.807) is 18.3 Å². The number of aryl methyl sites for hydroxylation is 1. The van der Waals surface area contributed by atoms with Crippen molar-refractivity contribution < 1.29 is 23.9 Å². The van der Waals surface area contributed by atoms with Crippen LogP contribution in [0.15, 0.2) is 24.5 Å². The molecule has 0 aromatic carbocycles. The average Bonchev–Trinajstić information content (AvgIpc) is 3.02. The third kappa shape index (κ3) is 4.75. The second kappa shape index (κ2) is 9.45. The summed E-state index contributed by atoms with van der Waals surface area (Å²) in [5.74, 6) is -1.59. The first kappa shape index (κ1) is 20.0. The summed E-state index contributed by atoms with van der Waals surface area (Å²) in [7, 11) is 1.33. The molecular formula is C20H22N2O5S. The fraction of sp³-hybridized carbons (Fsp3) is 0.400. The molecule has 2 heterocycles. The average molecular weight is 402 g/mol. The molecule has 1 N–H and O–H groups in total. The Hall–Kier alpha value is -2.74. The van der Waals surface area contributed by atoms with Crippen LogP contribution in [0.4, 0.5) is 5.00 Å². The highest BCUT2D eigenvalue weighted by molar-refractivity contribution is 7.17. The Morgan fingerprint density at radius 3 is 2.64 bits per heavy atom. The van der Waals surface area contributed by atoms with Gasteiger partial charge in [-0.3, -0.25) is 9.78 Å². The number of nitrogens with one attached hydrogen (secondary N) is 1. The smallest absolute Gasteiger partial charge is 0.341 e. The van der Waals surface area contributed by atoms with E-state index in [-0.39, 0.29) is 5.56 Å². The predicted molar refractivity (Wildman–Crippen MR) is 105 cm³/mol. The Bertz CT molecular complexity index is 863. The number of ether oxygens (including phenoxy) is 2. The number of aromatic nitrogens is 1. The molecule has 0 saturated carbocycles. The van der Waals surface area contributed by atoms with Gasteiger partial charge in [-0.05, 0) is 43.4 Å². The molecule has 148 valence electrons. The van der Waals surface area contributed by atoms with Crippen LogP contribution in [-0.4, -0.2) is 36.5 Å². The van der Waals surface area contributed by atoms with Crippen LogP contribution >= 0.6 is 11.3 Å². The standard InChI is InChI=1S/C20H22N2O5S/c1-26-20(25)17-14-8-4-2-3-5-9-15(14)28-18(17)22-16(23)12-27-19(24)13-7-6-10-21-11-13/h6-7,10-11H,2-5,8-9,12H2,1H3,(H,22,23). The van der Waals surface area contributed by atoms with Gasteiger partial charge in [0.1, 0.15) is 5.00 Å². The zero-order valence-electron chi connectivity index (χ0n) is 15.7. The molecule has 8 heteroatoms. The predicted octanol–water partition coefficient (Wildman–Crippen LogP) is 3.38. The van der Waals surface area contributed by atoms with Gasteiger partial charge in [0, 0.05) is 17.3 Å². The number of methoxy groups -OCH3 is 1. The Morgan fingerprint density at radius 1 is 1.14 bits per heavy atom. The Labute approximate surface area is 167 Å². The highest BCUT2D eigenvalue weighted by Crippen LogP contribution is 2.37. The van der Waals surface area contributed by atoms with Crippen molar-refractivity contribution in [2.24, 2.45) is 0 Å². The van der Waals surface area contributed by atoms with Crippen LogP contribution in [-0.2, 0) is 27.1 Å². The van der Waals surface area contributed by atoms with Crippen LogP contribution in [0.5, 0.6) is 0 Å². The monoisotopic (exact) mass is 402 g/mol. The second-order valence-corrected chi connectivity index (χ2v) is 7.58. The molecule has 0 bridgehead atoms. The number of hydrogen-bond acceptors (Lipinski definition) is 7. The van der Waals surface area contributed by atoms with Gasteiger partial charge in [-0.2, -0.15) is 0 Å². The van der Waals surface area contributed by atoms with E-state index >= 15 is 0 Å². The molecule has 7 nitrogen and oxygen atoms in total. The number of carbonyl (C=O) groups excluding carboxylic acids is 3. The van der Waals surface area contributed by atoms with Crippen molar-refractivity contribution in [2.45, 2.75) is 38.5 Å². The van der Waals surface area contributed by atoms with Crippen LogP contribution in [0.1, 0.15) is 56.8 Å². The molecule has 1 aliphatic carbocycles. The van der Waals surface area contributed by atoms with Crippen LogP contribution < -0.4 is 5.32 Å². The van der Waals surface area contributed by atoms with Gasteiger partial charge in [0.05, 0.1) is 18.2 Å². The number of hydrogen-bond donors (Lipinski definition) is 1. The lowest BCUT2D eigenvalue weighted by atomic mass is 9.96. The van der Waals surface area contributed by atoms with Crippen molar-refractivity contribution in [1.82, 2.24) is 4.98 Å². The van der Waals surface area contributed by atoms with Gasteiger partial charge in [0.15, 0.2) is 6.61 Å². The van der Waals surface area contributed by atoms with Gasteiger partial charge in [-0.25, -0.2) is 9.59 Å². The number of amides is 1. The molecule has 3 rings (SSSR count). The molecule has 0 saturated heterocycles. The fourth-order valence-corrected chi connectivity index (χ4v) is 4.48. The number of thiophene rings is 1. The summed E-state index contributed by atoms with van der Waals surface area (Å²) in [4.78, 5) is 41.6. The first-order chi connectivity index (χ1) is 13.6. The summed E-state index contributed by atoms with van der Waals surface area (Å²) in [5, 5.41) is 3.18. The molecular weight excluding hydrogens is 380 g/mol. The van der Waals surface area contributed by atoms with Crippen LogP contribution in [0.3, 0.4) is 0 Å². The van der Waals surface area contributed by atoms with Crippen molar-refractivity contribution in [1.29, 1.82) is 0 Å². The molecule has 0 atom stereocenters. The van der Waals surface area contributed by atoms with Crippen molar-refractivity contribution in [3.05, 3.63) is 46.1 Å². The van der Waals surface area contributed by atoms with E-state index in [4.69, 9.17) is 9.47 Å². The minimum atomic E-state index is -0.630. The van der Waals surface area contributed by atoms with Crippen molar-refractivity contribution in [2.75, 3.05) is 19.0 Å². The summed E-state index contributed by atoms with van der Waals surface area (Å²) >= 11 is 1.40. The normalized spacial score (nSPS) is 13.6. The minimum Gasteiger partial charge on any atom is -0.465 e. The molecule has 0 unspecified atom stereocenters. The Morgan fingerprint density at radius 2 is 1.93 bits per heavy atom. The topological polar surface area (TPSA) is 94.6 Å². The number of carbonyl (C=O) groups is 3. The van der Waals surface area contributed by atoms with Crippen LogP contribution in [0.25, 0.3) is 0 Å². The van der Waals surface area contributed by atoms with Crippen molar-refractivity contribution in [3.8, 4) is 0 Å². The van der Waals surface area contributed by atoms with E-state index in [0.29, 0.717) is 10.6 Å². The van der Waals surface area contributed by atoms with E-state index < -0.39 is 24.5 Å². The molecule has 2 aromatic rings. The van der Waals surface area contributed by atoms with Crippen LogP contribution in [0, 0.1) is 0 Å². The molecule has 28 heavy (non-hydrogen) atoms. The van der Waals surface area contributed by atoms with E-state index in [9.17, 15) is 14.4 Å². The third-order valence-electron chi connectivity index (χ3n) is 4.55. The number of fused-ring (bicyclic) bond motifs is 1. The number of esters is 2. The zero-order valence-corrected chi connectivity index (χ0v) is 16.5. The first-order valence-corrected chi connectivity index (χ1v) is 10.0. The Kier molecular flexibility index (Phi) is 6.76. The quantitative estimate of drug-likeness (QED) is 0.771. The summed E-state index contributed by atoms with van der Waals surface area (Å²) in [6, 6.07) is 3.17. The third-order valence-corrected chi connectivity index (χ3v) is 5.75. The van der Waals surface area contributed by atoms with Crippen LogP contribution in [0.2, 0.25) is 0 Å². The molecule has 0 aliphatic heterocycles. The number of anilines is 1. The zero-order chi connectivity index (χ0) is 19.9. The summed E-state index contributed by atoms with van der Waals surface area (Å²) in [6.07, 6.45) is 8.95. The maximum Gasteiger partial charge on any atom is 0.341 e. The maximum absolute atomic E-state index is 12.3. The minimum absolute atomic E-state index is 0.268. The van der Waals surface area contributed by atoms with Gasteiger partial charge < -0.3 is 14.8 Å². The largest absolute Gasteiger partial charge is 0.465 e. The second-order valence-electron chi connectivity index (χ2n) is 6.48.